The van der Waals surface area contributed by atoms with E-state index in [4.69, 9.17) is 4.74 Å². The van der Waals surface area contributed by atoms with E-state index in [1.807, 2.05) is 43.3 Å². The van der Waals surface area contributed by atoms with E-state index in [-0.39, 0.29) is 5.56 Å². The number of ether oxygens (including phenoxy) is 1. The largest absolute Gasteiger partial charge is 0.391 e. The first-order chi connectivity index (χ1) is 15.5. The molecule has 0 spiro atoms. The predicted octanol–water partition coefficient (Wildman–Crippen LogP) is 3.89. The molecule has 2 aromatic carbocycles. The number of fused-ring (bicyclic) bond motifs is 3. The molecule has 1 saturated heterocycles. The van der Waals surface area contributed by atoms with Crippen LogP contribution in [0.4, 0.5) is 0 Å². The molecule has 0 amide bonds. The summed E-state index contributed by atoms with van der Waals surface area (Å²) in [5.74, 6) is 0. The highest BCUT2D eigenvalue weighted by Gasteiger charge is 2.27. The lowest BCUT2D eigenvalue weighted by atomic mass is 9.95. The lowest BCUT2D eigenvalue weighted by Crippen LogP contribution is -2.39. The van der Waals surface area contributed by atoms with Gasteiger partial charge in [0.1, 0.15) is 0 Å². The normalized spacial score (nSPS) is 18.8. The number of aromatic nitrogens is 3. The third-order valence-corrected chi connectivity index (χ3v) is 6.18. The minimum atomic E-state index is -0.627. The summed E-state index contributed by atoms with van der Waals surface area (Å²) in [6.45, 7) is 6.73. The summed E-state index contributed by atoms with van der Waals surface area (Å²) in [6.07, 6.45) is 3.87. The molecule has 2 aromatic heterocycles. The topological polar surface area (TPSA) is 77.2 Å². The molecule has 2 atom stereocenters. The van der Waals surface area contributed by atoms with Crippen molar-refractivity contribution >= 4 is 27.2 Å². The van der Waals surface area contributed by atoms with Gasteiger partial charge in [0.2, 0.25) is 0 Å². The molecule has 0 saturated carbocycles. The smallest absolute Gasteiger partial charge is 0.261 e. The second kappa shape index (κ2) is 8.30. The molecule has 1 N–H and O–H groups in total. The highest BCUT2D eigenvalue weighted by Crippen LogP contribution is 2.29. The maximum absolute atomic E-state index is 13.5. The van der Waals surface area contributed by atoms with Crippen molar-refractivity contribution in [3.63, 3.8) is 0 Å². The zero-order valence-electron chi connectivity index (χ0n) is 18.0. The number of pyridine rings is 1. The lowest BCUT2D eigenvalue weighted by molar-refractivity contribution is -0.0303. The molecule has 4 aromatic rings. The number of aliphatic hydroxyl groups is 1. The third-order valence-electron chi connectivity index (χ3n) is 6.18. The van der Waals surface area contributed by atoms with Crippen LogP contribution in [0.1, 0.15) is 36.2 Å². The number of hydrogen-bond donors (Lipinski definition) is 1. The summed E-state index contributed by atoms with van der Waals surface area (Å²) in [6, 6.07) is 13.6. The van der Waals surface area contributed by atoms with Crippen LogP contribution in [0.15, 0.2) is 66.4 Å². The fraction of sp³-hybridized carbons (Fsp3) is 0.269. The van der Waals surface area contributed by atoms with Crippen LogP contribution in [-0.2, 0) is 11.2 Å². The van der Waals surface area contributed by atoms with E-state index >= 15 is 0 Å². The molecule has 0 unspecified atom stereocenters. The summed E-state index contributed by atoms with van der Waals surface area (Å²) < 4.78 is 7.04. The van der Waals surface area contributed by atoms with Crippen LogP contribution in [0.5, 0.6) is 0 Å². The average Bonchev–Trinajstić information content (AvgIpc) is 2.81. The van der Waals surface area contributed by atoms with Gasteiger partial charge in [-0.05, 0) is 60.1 Å². The van der Waals surface area contributed by atoms with E-state index in [2.05, 4.69) is 22.6 Å². The van der Waals surface area contributed by atoms with Gasteiger partial charge in [0.25, 0.3) is 5.56 Å². The number of nitrogens with zero attached hydrogens (tertiary/aromatic N) is 3. The van der Waals surface area contributed by atoms with E-state index in [1.165, 1.54) is 4.57 Å². The number of aliphatic hydroxyl groups excluding tert-OH is 1. The van der Waals surface area contributed by atoms with Crippen molar-refractivity contribution in [3.8, 4) is 0 Å². The minimum absolute atomic E-state index is 0.158. The van der Waals surface area contributed by atoms with Gasteiger partial charge in [0, 0.05) is 18.2 Å². The lowest BCUT2D eigenvalue weighted by Gasteiger charge is -2.29. The second-order valence-electron chi connectivity index (χ2n) is 8.44. The molecule has 5 rings (SSSR count). The molecular formula is C26H25N3O3. The van der Waals surface area contributed by atoms with Crippen LogP contribution in [0.25, 0.3) is 27.2 Å². The zero-order chi connectivity index (χ0) is 22.2. The van der Waals surface area contributed by atoms with Gasteiger partial charge in [0.05, 0.1) is 41.7 Å². The Bertz CT molecular complexity index is 1390. The first-order valence-corrected chi connectivity index (χ1v) is 10.8. The van der Waals surface area contributed by atoms with Crippen molar-refractivity contribution in [2.75, 3.05) is 13.2 Å². The van der Waals surface area contributed by atoms with Gasteiger partial charge in [-0.2, -0.15) is 0 Å². The number of benzene rings is 2. The number of allylic oxidation sites excluding steroid dienone is 1. The van der Waals surface area contributed by atoms with Crippen molar-refractivity contribution < 1.29 is 9.84 Å². The quantitative estimate of drug-likeness (QED) is 0.500. The van der Waals surface area contributed by atoms with Gasteiger partial charge in [-0.15, -0.1) is 0 Å². The van der Waals surface area contributed by atoms with Crippen LogP contribution in [0.3, 0.4) is 0 Å². The molecule has 0 radical (unpaired) electrons. The molecule has 6 nitrogen and oxygen atoms in total. The summed E-state index contributed by atoms with van der Waals surface area (Å²) in [5.41, 5.74) is 4.44. The Balaban J connectivity index is 1.68. The van der Waals surface area contributed by atoms with E-state index in [0.29, 0.717) is 37.0 Å². The second-order valence-corrected chi connectivity index (χ2v) is 8.44. The van der Waals surface area contributed by atoms with Crippen molar-refractivity contribution in [2.45, 2.75) is 31.9 Å². The molecule has 3 heterocycles. The fourth-order valence-electron chi connectivity index (χ4n) is 4.45. The number of rotatable bonds is 4. The molecule has 0 aliphatic carbocycles. The van der Waals surface area contributed by atoms with Crippen LogP contribution < -0.4 is 5.56 Å². The Labute approximate surface area is 185 Å². The Morgan fingerprint density at radius 1 is 1.19 bits per heavy atom. The van der Waals surface area contributed by atoms with Crippen molar-refractivity contribution in [1.29, 1.82) is 0 Å². The highest BCUT2D eigenvalue weighted by molar-refractivity contribution is 6.06. The Kier molecular flexibility index (Phi) is 5.33. The van der Waals surface area contributed by atoms with Crippen molar-refractivity contribution in [3.05, 3.63) is 88.7 Å². The van der Waals surface area contributed by atoms with E-state index in [1.54, 1.807) is 12.5 Å². The van der Waals surface area contributed by atoms with Gasteiger partial charge in [-0.3, -0.25) is 14.3 Å². The third kappa shape index (κ3) is 3.61. The average molecular weight is 428 g/mol. The van der Waals surface area contributed by atoms with Crippen LogP contribution in [-0.4, -0.2) is 39.0 Å². The van der Waals surface area contributed by atoms with E-state index in [0.717, 1.165) is 33.2 Å². The van der Waals surface area contributed by atoms with Gasteiger partial charge >= 0.3 is 0 Å². The summed E-state index contributed by atoms with van der Waals surface area (Å²) in [4.78, 5) is 22.5. The molecule has 32 heavy (non-hydrogen) atoms. The highest BCUT2D eigenvalue weighted by atomic mass is 16.5. The van der Waals surface area contributed by atoms with Gasteiger partial charge in [-0.1, -0.05) is 30.8 Å². The minimum Gasteiger partial charge on any atom is -0.391 e. The standard InChI is InChI=1S/C26H25N3O3/c1-16(2)22-12-17(7-9-27-22)11-18-13-21-25(20-6-4-3-5-19(18)20)28-15-29(26(21)31)23-14-32-10-8-24(23)30/h3-7,9,12-13,15,23-24,30H,1,8,10-11,14H2,2H3/t23-,24-/m0/s1. The molecule has 162 valence electrons. The van der Waals surface area contributed by atoms with Gasteiger partial charge in [-0.25, -0.2) is 4.98 Å². The zero-order valence-corrected chi connectivity index (χ0v) is 18.0. The maximum Gasteiger partial charge on any atom is 0.261 e. The molecule has 1 fully saturated rings. The Morgan fingerprint density at radius 2 is 2.00 bits per heavy atom. The Hall–Kier alpha value is -3.35. The molecule has 0 bridgehead atoms. The van der Waals surface area contributed by atoms with Crippen molar-refractivity contribution in [2.24, 2.45) is 0 Å². The summed E-state index contributed by atoms with van der Waals surface area (Å²) in [5, 5.41) is 13.0. The maximum atomic E-state index is 13.5. The molecule has 1 aliphatic heterocycles. The van der Waals surface area contributed by atoms with E-state index in [9.17, 15) is 9.90 Å². The predicted molar refractivity (Wildman–Crippen MR) is 126 cm³/mol. The number of hydrogen-bond acceptors (Lipinski definition) is 5. The molecule has 6 heteroatoms. The van der Waals surface area contributed by atoms with Crippen LogP contribution in [0, 0.1) is 0 Å². The van der Waals surface area contributed by atoms with Crippen molar-refractivity contribution in [1.82, 2.24) is 14.5 Å². The van der Waals surface area contributed by atoms with Crippen LogP contribution >= 0.6 is 0 Å². The first kappa shape index (κ1) is 20.5. The SMILES string of the molecule is C=C(C)c1cc(Cc2cc3c(=O)n([C@H]4COCC[C@@H]4O)cnc3c3ccccc23)ccn1. The molecule has 1 aliphatic rings. The van der Waals surface area contributed by atoms with E-state index < -0.39 is 12.1 Å². The van der Waals surface area contributed by atoms with Gasteiger partial charge < -0.3 is 9.84 Å². The summed E-state index contributed by atoms with van der Waals surface area (Å²) in [7, 11) is 0. The summed E-state index contributed by atoms with van der Waals surface area (Å²) >= 11 is 0. The first-order valence-electron chi connectivity index (χ1n) is 10.8. The Morgan fingerprint density at radius 3 is 2.78 bits per heavy atom. The van der Waals surface area contributed by atoms with Crippen LogP contribution in [0.2, 0.25) is 0 Å². The van der Waals surface area contributed by atoms with Gasteiger partial charge in [0.15, 0.2) is 0 Å². The fourth-order valence-corrected chi connectivity index (χ4v) is 4.45. The molecular weight excluding hydrogens is 402 g/mol. The monoisotopic (exact) mass is 427 g/mol.